The molecule has 1 aromatic carbocycles. The molecule has 0 aliphatic carbocycles. The summed E-state index contributed by atoms with van der Waals surface area (Å²) < 4.78 is 20.2. The van der Waals surface area contributed by atoms with E-state index >= 15 is 0 Å². The van der Waals surface area contributed by atoms with E-state index in [-0.39, 0.29) is 25.5 Å². The van der Waals surface area contributed by atoms with Crippen molar-refractivity contribution in [2.45, 2.75) is 37.4 Å². The Morgan fingerprint density at radius 1 is 1.30 bits per heavy atom. The molecule has 2 fully saturated rings. The molecule has 11 nitrogen and oxygen atoms in total. The fourth-order valence-electron chi connectivity index (χ4n) is 3.88. The second kappa shape index (κ2) is 7.69. The van der Waals surface area contributed by atoms with Crippen molar-refractivity contribution in [1.82, 2.24) is 20.7 Å². The Hall–Kier alpha value is -2.99. The van der Waals surface area contributed by atoms with E-state index in [1.165, 1.54) is 9.91 Å². The van der Waals surface area contributed by atoms with Gasteiger partial charge in [0.1, 0.15) is 11.5 Å². The summed E-state index contributed by atoms with van der Waals surface area (Å²) in [5.41, 5.74) is 2.33. The minimum Gasteiger partial charge on any atom is -0.443 e. The van der Waals surface area contributed by atoms with Gasteiger partial charge in [0.05, 0.1) is 13.1 Å². The number of hydrazine groups is 1. The number of carbonyl (C=O) groups is 2. The summed E-state index contributed by atoms with van der Waals surface area (Å²) in [6, 6.07) is 9.07. The minimum absolute atomic E-state index is 0.0834. The van der Waals surface area contributed by atoms with Crippen molar-refractivity contribution < 1.29 is 18.7 Å². The molecule has 2 N–H and O–H groups in total. The first-order valence-corrected chi connectivity index (χ1v) is 9.64. The van der Waals surface area contributed by atoms with Gasteiger partial charge in [-0.25, -0.2) is 19.1 Å². The van der Waals surface area contributed by atoms with Crippen LogP contribution >= 0.6 is 0 Å². The first-order valence-electron chi connectivity index (χ1n) is 9.64. The number of nitrogens with zero attached hydrogens (tertiary/aromatic N) is 6. The third-order valence-electron chi connectivity index (χ3n) is 5.80. The highest BCUT2D eigenvalue weighted by atomic mass is 19.1. The van der Waals surface area contributed by atoms with Gasteiger partial charge in [-0.05, 0) is 29.9 Å². The Bertz CT molecular complexity index is 869. The summed E-state index contributed by atoms with van der Waals surface area (Å²) in [5, 5.41) is 18.8. The van der Waals surface area contributed by atoms with Gasteiger partial charge in [-0.3, -0.25) is 10.2 Å². The lowest BCUT2D eigenvalue weighted by atomic mass is 9.76. The molecule has 160 valence electrons. The Kier molecular flexibility index (Phi) is 5.20. The minimum atomic E-state index is -1.44. The Morgan fingerprint density at radius 2 is 2.00 bits per heavy atom. The number of hydrogen-bond donors (Lipinski definition) is 2. The van der Waals surface area contributed by atoms with Crippen molar-refractivity contribution in [3.8, 4) is 0 Å². The molecule has 30 heavy (non-hydrogen) atoms. The highest BCUT2D eigenvalue weighted by Crippen LogP contribution is 2.33. The number of cyclic esters (lactones) is 1. The zero-order valence-electron chi connectivity index (χ0n) is 16.7. The van der Waals surface area contributed by atoms with Gasteiger partial charge in [0, 0.05) is 13.1 Å². The highest BCUT2D eigenvalue weighted by Gasteiger charge is 2.49. The molecule has 3 heterocycles. The van der Waals surface area contributed by atoms with Gasteiger partial charge in [0.15, 0.2) is 6.30 Å². The summed E-state index contributed by atoms with van der Waals surface area (Å²) in [7, 11) is 0. The molecule has 0 aromatic heterocycles. The summed E-state index contributed by atoms with van der Waals surface area (Å²) in [4.78, 5) is 26.4. The number of benzene rings is 1. The highest BCUT2D eigenvalue weighted by molar-refractivity contribution is 5.89. The maximum Gasteiger partial charge on any atom is 0.407 e. The van der Waals surface area contributed by atoms with Crippen LogP contribution < -0.4 is 10.7 Å². The van der Waals surface area contributed by atoms with Crippen LogP contribution in [-0.4, -0.2) is 66.3 Å². The summed E-state index contributed by atoms with van der Waals surface area (Å²) in [6.45, 7) is 4.07. The van der Waals surface area contributed by atoms with Crippen LogP contribution in [0.2, 0.25) is 0 Å². The van der Waals surface area contributed by atoms with E-state index in [1.807, 2.05) is 18.2 Å². The number of piperazine rings is 1. The first-order chi connectivity index (χ1) is 14.3. The second-order valence-corrected chi connectivity index (χ2v) is 7.71. The zero-order chi connectivity index (χ0) is 21.4. The molecular weight excluding hydrogens is 395 g/mol. The number of halogens is 1. The van der Waals surface area contributed by atoms with E-state index in [9.17, 15) is 14.0 Å². The molecule has 3 aliphatic rings. The number of carbonyl (C=O) groups excluding carboxylic acids is 2. The molecule has 3 atom stereocenters. The van der Waals surface area contributed by atoms with E-state index in [0.29, 0.717) is 12.1 Å². The van der Waals surface area contributed by atoms with Crippen LogP contribution in [0.15, 0.2) is 51.0 Å². The lowest BCUT2D eigenvalue weighted by Gasteiger charge is -2.42. The SMILES string of the molecule is CC(C(=O)NN1CCN(C2(C)N=NN=N2)C(F)C1)(c1ccccc1)C1CNC(=O)O1. The van der Waals surface area contributed by atoms with Gasteiger partial charge < -0.3 is 10.1 Å². The molecule has 0 bridgehead atoms. The number of rotatable bonds is 5. The largest absolute Gasteiger partial charge is 0.443 e. The molecule has 0 radical (unpaired) electrons. The quantitative estimate of drug-likeness (QED) is 0.702. The average Bonchev–Trinajstić information content (AvgIpc) is 3.37. The molecule has 3 aliphatic heterocycles. The number of ether oxygens (including phenoxy) is 1. The van der Waals surface area contributed by atoms with Crippen LogP contribution in [0.1, 0.15) is 19.4 Å². The van der Waals surface area contributed by atoms with Gasteiger partial charge in [-0.2, -0.15) is 0 Å². The van der Waals surface area contributed by atoms with Gasteiger partial charge in [0.25, 0.3) is 0 Å². The van der Waals surface area contributed by atoms with Crippen LogP contribution in [0.3, 0.4) is 0 Å². The lowest BCUT2D eigenvalue weighted by Crippen LogP contribution is -2.64. The number of amides is 2. The van der Waals surface area contributed by atoms with Crippen molar-refractivity contribution in [1.29, 1.82) is 0 Å². The maximum absolute atomic E-state index is 14.9. The summed E-state index contributed by atoms with van der Waals surface area (Å²) >= 11 is 0. The molecular formula is C18H23FN8O3. The van der Waals surface area contributed by atoms with E-state index in [4.69, 9.17) is 4.74 Å². The number of alkyl carbamates (subject to hydrolysis) is 1. The molecule has 4 rings (SSSR count). The smallest absolute Gasteiger partial charge is 0.407 e. The third-order valence-corrected chi connectivity index (χ3v) is 5.80. The lowest BCUT2D eigenvalue weighted by molar-refractivity contribution is -0.139. The van der Waals surface area contributed by atoms with E-state index in [0.717, 1.165) is 0 Å². The first kappa shape index (κ1) is 20.3. The predicted octanol–water partition coefficient (Wildman–Crippen LogP) is 1.50. The molecule has 0 spiro atoms. The van der Waals surface area contributed by atoms with Crippen LogP contribution in [0.5, 0.6) is 0 Å². The van der Waals surface area contributed by atoms with Gasteiger partial charge >= 0.3 is 6.09 Å². The van der Waals surface area contributed by atoms with E-state index in [1.54, 1.807) is 26.0 Å². The molecule has 3 unspecified atom stereocenters. The third kappa shape index (κ3) is 3.52. The normalized spacial score (nSPS) is 28.0. The van der Waals surface area contributed by atoms with Crippen molar-refractivity contribution in [2.75, 3.05) is 26.2 Å². The standard InChI is InChI=1S/C18H23FN8O3/c1-17(12-6-4-3-5-7-12,13-10-20-16(29)30-13)15(28)21-26-8-9-27(14(19)11-26)18(2)22-24-25-23-18/h3-7,13-14H,8-11H2,1-2H3,(H,20,29)(H,21,28). The topological polar surface area (TPSA) is 123 Å². The second-order valence-electron chi connectivity index (χ2n) is 7.71. The Labute approximate surface area is 172 Å². The fourth-order valence-corrected chi connectivity index (χ4v) is 3.88. The predicted molar refractivity (Wildman–Crippen MR) is 102 cm³/mol. The number of hydrogen-bond acceptors (Lipinski definition) is 9. The van der Waals surface area contributed by atoms with Crippen LogP contribution in [0, 0.1) is 0 Å². The molecule has 2 amide bonds. The van der Waals surface area contributed by atoms with Crippen molar-refractivity contribution in [3.63, 3.8) is 0 Å². The number of nitrogens with one attached hydrogen (secondary N) is 2. The van der Waals surface area contributed by atoms with Crippen molar-refractivity contribution in [2.24, 2.45) is 20.7 Å². The average molecular weight is 418 g/mol. The monoisotopic (exact) mass is 418 g/mol. The van der Waals surface area contributed by atoms with E-state index < -0.39 is 29.7 Å². The van der Waals surface area contributed by atoms with Crippen molar-refractivity contribution >= 4 is 12.0 Å². The molecule has 12 heteroatoms. The van der Waals surface area contributed by atoms with Gasteiger partial charge in [-0.1, -0.05) is 30.3 Å². The number of alkyl halides is 1. The van der Waals surface area contributed by atoms with Crippen LogP contribution in [0.4, 0.5) is 9.18 Å². The molecule has 1 aromatic rings. The van der Waals surface area contributed by atoms with Crippen LogP contribution in [0.25, 0.3) is 0 Å². The van der Waals surface area contributed by atoms with Gasteiger partial charge in [-0.15, -0.1) is 10.2 Å². The fraction of sp³-hybridized carbons (Fsp3) is 0.556. The molecule has 0 saturated carbocycles. The van der Waals surface area contributed by atoms with Gasteiger partial charge in [0.2, 0.25) is 11.7 Å². The summed E-state index contributed by atoms with van der Waals surface area (Å²) in [5.74, 6) is -1.56. The van der Waals surface area contributed by atoms with Crippen LogP contribution in [-0.2, 0) is 14.9 Å². The van der Waals surface area contributed by atoms with Crippen molar-refractivity contribution in [3.05, 3.63) is 35.9 Å². The Morgan fingerprint density at radius 3 is 2.60 bits per heavy atom. The van der Waals surface area contributed by atoms with E-state index in [2.05, 4.69) is 31.4 Å². The molecule has 2 saturated heterocycles. The Balaban J connectivity index is 1.49. The maximum atomic E-state index is 14.9. The zero-order valence-corrected chi connectivity index (χ0v) is 16.7. The summed E-state index contributed by atoms with van der Waals surface area (Å²) in [6.07, 6.45) is -2.71.